The Balaban J connectivity index is 3.01. The summed E-state index contributed by atoms with van der Waals surface area (Å²) in [5, 5.41) is 13.9. The monoisotopic (exact) mass is 330 g/mol. The first-order valence-electron chi connectivity index (χ1n) is 6.87. The number of aryl methyl sites for hydroxylation is 2. The molecule has 1 unspecified atom stereocenters. The summed E-state index contributed by atoms with van der Waals surface area (Å²) in [5.41, 5.74) is 2.01. The third kappa shape index (κ3) is 4.06. The van der Waals surface area contributed by atoms with Gasteiger partial charge in [0, 0.05) is 13.0 Å². The van der Waals surface area contributed by atoms with E-state index in [1.807, 2.05) is 11.6 Å². The maximum absolute atomic E-state index is 11.4. The maximum atomic E-state index is 11.4. The van der Waals surface area contributed by atoms with Gasteiger partial charge in [-0.25, -0.2) is 0 Å². The fraction of sp³-hybridized carbons (Fsp3) is 0.714. The fourth-order valence-corrected chi connectivity index (χ4v) is 3.01. The van der Waals surface area contributed by atoms with Gasteiger partial charge in [-0.05, 0) is 41.6 Å². The molecule has 0 fully saturated rings. The minimum Gasteiger partial charge on any atom is -0.481 e. The van der Waals surface area contributed by atoms with Gasteiger partial charge in [-0.2, -0.15) is 5.10 Å². The van der Waals surface area contributed by atoms with E-state index in [9.17, 15) is 9.90 Å². The molecule has 1 heterocycles. The molecule has 1 N–H and O–H groups in total. The van der Waals surface area contributed by atoms with Crippen LogP contribution < -0.4 is 0 Å². The largest absolute Gasteiger partial charge is 0.481 e. The summed E-state index contributed by atoms with van der Waals surface area (Å²) in [5.74, 6) is -0.686. The molecule has 1 aromatic rings. The summed E-state index contributed by atoms with van der Waals surface area (Å²) < 4.78 is 2.89. The highest BCUT2D eigenvalue weighted by atomic mass is 79.9. The summed E-state index contributed by atoms with van der Waals surface area (Å²) >= 11 is 3.57. The Morgan fingerprint density at radius 2 is 2.05 bits per heavy atom. The Morgan fingerprint density at radius 1 is 1.42 bits per heavy atom. The van der Waals surface area contributed by atoms with Crippen LogP contribution in [0.25, 0.3) is 0 Å². The van der Waals surface area contributed by atoms with E-state index < -0.39 is 5.97 Å². The molecular formula is C14H23BrN2O2. The summed E-state index contributed by atoms with van der Waals surface area (Å²) in [6.07, 6.45) is 2.08. The lowest BCUT2D eigenvalue weighted by atomic mass is 9.93. The van der Waals surface area contributed by atoms with E-state index in [2.05, 4.69) is 41.8 Å². The number of carboxylic acid groups (broad SMARTS) is 1. The van der Waals surface area contributed by atoms with Gasteiger partial charge >= 0.3 is 5.97 Å². The molecule has 0 saturated heterocycles. The highest BCUT2D eigenvalue weighted by Crippen LogP contribution is 2.27. The van der Waals surface area contributed by atoms with Gasteiger partial charge in [0.25, 0.3) is 0 Å². The molecule has 0 bridgehead atoms. The van der Waals surface area contributed by atoms with Crippen molar-refractivity contribution < 1.29 is 9.90 Å². The Kier molecular flexibility index (Phi) is 6.04. The lowest BCUT2D eigenvalue weighted by Gasteiger charge is -2.15. The van der Waals surface area contributed by atoms with E-state index >= 15 is 0 Å². The highest BCUT2D eigenvalue weighted by molar-refractivity contribution is 9.10. The summed E-state index contributed by atoms with van der Waals surface area (Å²) in [6, 6.07) is 0. The molecule has 0 aliphatic carbocycles. The molecule has 0 aliphatic rings. The number of aromatic nitrogens is 2. The molecule has 1 atom stereocenters. The fourth-order valence-electron chi connectivity index (χ4n) is 2.29. The van der Waals surface area contributed by atoms with Gasteiger partial charge in [0.15, 0.2) is 0 Å². The van der Waals surface area contributed by atoms with E-state index in [1.54, 1.807) is 0 Å². The normalized spacial score (nSPS) is 12.9. The molecule has 19 heavy (non-hydrogen) atoms. The van der Waals surface area contributed by atoms with Gasteiger partial charge in [0.1, 0.15) is 0 Å². The number of halogens is 1. The smallest absolute Gasteiger partial charge is 0.306 e. The molecule has 0 spiro atoms. The van der Waals surface area contributed by atoms with Crippen molar-refractivity contribution in [2.75, 3.05) is 0 Å². The zero-order valence-electron chi connectivity index (χ0n) is 12.1. The first kappa shape index (κ1) is 16.2. The number of aliphatic carboxylic acids is 1. The van der Waals surface area contributed by atoms with Crippen molar-refractivity contribution in [2.45, 2.75) is 53.5 Å². The van der Waals surface area contributed by atoms with Gasteiger partial charge in [-0.3, -0.25) is 9.48 Å². The van der Waals surface area contributed by atoms with E-state index in [0.717, 1.165) is 28.8 Å². The number of rotatable bonds is 7. The molecule has 4 nitrogen and oxygen atoms in total. The van der Waals surface area contributed by atoms with Gasteiger partial charge in [-0.15, -0.1) is 0 Å². The molecule has 0 saturated carbocycles. The zero-order chi connectivity index (χ0) is 14.6. The molecule has 0 radical (unpaired) electrons. The summed E-state index contributed by atoms with van der Waals surface area (Å²) in [4.78, 5) is 11.4. The van der Waals surface area contributed by atoms with E-state index in [1.165, 1.54) is 0 Å². The van der Waals surface area contributed by atoms with Crippen LogP contribution in [0.3, 0.4) is 0 Å². The van der Waals surface area contributed by atoms with Crippen LogP contribution in [0, 0.1) is 11.8 Å². The molecule has 0 aliphatic heterocycles. The van der Waals surface area contributed by atoms with Gasteiger partial charge < -0.3 is 5.11 Å². The van der Waals surface area contributed by atoms with E-state index in [-0.39, 0.29) is 5.92 Å². The molecule has 1 rings (SSSR count). The second-order valence-electron chi connectivity index (χ2n) is 5.25. The average molecular weight is 331 g/mol. The molecule has 0 amide bonds. The van der Waals surface area contributed by atoms with Crippen molar-refractivity contribution in [3.05, 3.63) is 15.9 Å². The van der Waals surface area contributed by atoms with E-state index in [4.69, 9.17) is 0 Å². The lowest BCUT2D eigenvalue weighted by molar-refractivity contribution is -0.142. The van der Waals surface area contributed by atoms with Crippen LogP contribution in [0.2, 0.25) is 0 Å². The van der Waals surface area contributed by atoms with Crippen molar-refractivity contribution >= 4 is 21.9 Å². The van der Waals surface area contributed by atoms with Gasteiger partial charge in [0.2, 0.25) is 0 Å². The second-order valence-corrected chi connectivity index (χ2v) is 6.04. The highest BCUT2D eigenvalue weighted by Gasteiger charge is 2.24. The van der Waals surface area contributed by atoms with Crippen LogP contribution in [0.15, 0.2) is 4.47 Å². The van der Waals surface area contributed by atoms with Crippen molar-refractivity contribution in [2.24, 2.45) is 11.8 Å². The average Bonchev–Trinajstić information content (AvgIpc) is 2.64. The quantitative estimate of drug-likeness (QED) is 0.832. The number of nitrogens with zero attached hydrogens (tertiary/aromatic N) is 2. The number of carbonyl (C=O) groups is 1. The van der Waals surface area contributed by atoms with Crippen molar-refractivity contribution in [1.29, 1.82) is 0 Å². The van der Waals surface area contributed by atoms with Crippen molar-refractivity contribution in [1.82, 2.24) is 9.78 Å². The summed E-state index contributed by atoms with van der Waals surface area (Å²) in [6.45, 7) is 8.96. The third-order valence-electron chi connectivity index (χ3n) is 3.24. The number of hydrogen-bond donors (Lipinski definition) is 1. The zero-order valence-corrected chi connectivity index (χ0v) is 13.7. The molecular weight excluding hydrogens is 308 g/mol. The van der Waals surface area contributed by atoms with Crippen LogP contribution in [0.4, 0.5) is 0 Å². The van der Waals surface area contributed by atoms with Gasteiger partial charge in [-0.1, -0.05) is 20.8 Å². The molecule has 1 aromatic heterocycles. The van der Waals surface area contributed by atoms with Crippen LogP contribution in [0.1, 0.15) is 45.5 Å². The molecule has 108 valence electrons. The van der Waals surface area contributed by atoms with Crippen LogP contribution in [-0.4, -0.2) is 20.9 Å². The lowest BCUT2D eigenvalue weighted by Crippen LogP contribution is -2.20. The van der Waals surface area contributed by atoms with Gasteiger partial charge in [0.05, 0.1) is 21.8 Å². The van der Waals surface area contributed by atoms with Crippen LogP contribution >= 0.6 is 15.9 Å². The molecule has 5 heteroatoms. The number of hydrogen-bond acceptors (Lipinski definition) is 2. The SMILES string of the molecule is CCc1nn(CC)c(CC(CC(C)C)C(=O)O)c1Br. The Hall–Kier alpha value is -0.840. The predicted octanol–water partition coefficient (Wildman–Crippen LogP) is 3.52. The summed E-state index contributed by atoms with van der Waals surface area (Å²) in [7, 11) is 0. The Morgan fingerprint density at radius 3 is 2.47 bits per heavy atom. The minimum absolute atomic E-state index is 0.344. The van der Waals surface area contributed by atoms with Crippen LogP contribution in [0.5, 0.6) is 0 Å². The maximum Gasteiger partial charge on any atom is 0.306 e. The predicted molar refractivity (Wildman–Crippen MR) is 79.3 cm³/mol. The first-order chi connectivity index (χ1) is 8.90. The first-order valence-corrected chi connectivity index (χ1v) is 7.66. The standard InChI is InChI=1S/C14H23BrN2O2/c1-5-11-13(15)12(17(6-2)16-11)8-10(14(18)19)7-9(3)4/h9-10H,5-8H2,1-4H3,(H,18,19). The van der Waals surface area contributed by atoms with Crippen molar-refractivity contribution in [3.63, 3.8) is 0 Å². The van der Waals surface area contributed by atoms with Crippen LogP contribution in [-0.2, 0) is 24.2 Å². The van der Waals surface area contributed by atoms with Crippen molar-refractivity contribution in [3.8, 4) is 0 Å². The number of carboxylic acids is 1. The molecule has 0 aromatic carbocycles. The van der Waals surface area contributed by atoms with E-state index in [0.29, 0.717) is 18.8 Å². The Labute approximate surface area is 123 Å². The second kappa shape index (κ2) is 7.08. The Bertz CT molecular complexity index is 441. The third-order valence-corrected chi connectivity index (χ3v) is 4.15. The minimum atomic E-state index is -0.720. The topological polar surface area (TPSA) is 55.1 Å².